The molecule has 1 fully saturated rings. The summed E-state index contributed by atoms with van der Waals surface area (Å²) in [6, 6.07) is 8.12. The van der Waals surface area contributed by atoms with Crippen LogP contribution in [0.2, 0.25) is 10.0 Å². The molecule has 6 nitrogen and oxygen atoms in total. The van der Waals surface area contributed by atoms with Gasteiger partial charge in [0.05, 0.1) is 28.9 Å². The van der Waals surface area contributed by atoms with E-state index in [1.54, 1.807) is 29.6 Å². The molecule has 1 atom stereocenters. The molecular weight excluding hydrogens is 407 g/mol. The molecule has 2 heterocycles. The van der Waals surface area contributed by atoms with E-state index in [2.05, 4.69) is 10.6 Å². The molecule has 1 aliphatic rings. The molecule has 1 aromatic heterocycles. The number of nitrogens with zero attached hydrogens (tertiary/aromatic N) is 2. The lowest BCUT2D eigenvalue weighted by Crippen LogP contribution is -2.43. The Bertz CT molecular complexity index is 909. The van der Waals surface area contributed by atoms with E-state index in [4.69, 9.17) is 28.5 Å². The van der Waals surface area contributed by atoms with Crippen molar-refractivity contribution in [3.05, 3.63) is 45.3 Å². The Morgan fingerprint density at radius 3 is 2.89 bits per heavy atom. The summed E-state index contributed by atoms with van der Waals surface area (Å²) in [6.07, 6.45) is 1.47. The highest BCUT2D eigenvalue weighted by molar-refractivity contribution is 7.14. The molecular formula is C18H16Cl2N4O2S. The number of likely N-dealkylation sites (tertiary alicyclic amines) is 1. The monoisotopic (exact) mass is 422 g/mol. The second kappa shape index (κ2) is 8.72. The predicted molar refractivity (Wildman–Crippen MR) is 107 cm³/mol. The third-order valence-corrected chi connectivity index (χ3v) is 5.63. The van der Waals surface area contributed by atoms with Gasteiger partial charge in [0.15, 0.2) is 0 Å². The highest BCUT2D eigenvalue weighted by atomic mass is 35.5. The van der Waals surface area contributed by atoms with Gasteiger partial charge >= 0.3 is 0 Å². The van der Waals surface area contributed by atoms with Gasteiger partial charge in [0.2, 0.25) is 11.8 Å². The van der Waals surface area contributed by atoms with Gasteiger partial charge in [-0.15, -0.1) is 11.3 Å². The van der Waals surface area contributed by atoms with Gasteiger partial charge in [-0.2, -0.15) is 5.26 Å². The Labute approximate surface area is 170 Å². The average molecular weight is 423 g/mol. The molecule has 2 amide bonds. The number of amides is 2. The van der Waals surface area contributed by atoms with Gasteiger partial charge in [-0.3, -0.25) is 14.5 Å². The fourth-order valence-electron chi connectivity index (χ4n) is 2.97. The zero-order valence-corrected chi connectivity index (χ0v) is 16.5. The minimum atomic E-state index is -0.426. The number of halogens is 2. The topological polar surface area (TPSA) is 85.2 Å². The summed E-state index contributed by atoms with van der Waals surface area (Å²) in [5.41, 5.74) is 0.877. The molecule has 1 aliphatic heterocycles. The smallest absolute Gasteiger partial charge is 0.241 e. The molecule has 1 unspecified atom stereocenters. The summed E-state index contributed by atoms with van der Waals surface area (Å²) < 4.78 is 0. The maximum Gasteiger partial charge on any atom is 0.241 e. The summed E-state index contributed by atoms with van der Waals surface area (Å²) in [4.78, 5) is 26.8. The Morgan fingerprint density at radius 1 is 1.30 bits per heavy atom. The molecule has 1 saturated heterocycles. The number of hydrogen-bond acceptors (Lipinski definition) is 5. The highest BCUT2D eigenvalue weighted by Crippen LogP contribution is 2.27. The lowest BCUT2D eigenvalue weighted by atomic mass is 10.2. The Kier molecular flexibility index (Phi) is 6.34. The number of nitrogens with one attached hydrogen (secondary N) is 2. The van der Waals surface area contributed by atoms with Crippen LogP contribution in [0.3, 0.4) is 0 Å². The summed E-state index contributed by atoms with van der Waals surface area (Å²) in [5, 5.41) is 17.7. The van der Waals surface area contributed by atoms with E-state index in [1.165, 1.54) is 11.3 Å². The van der Waals surface area contributed by atoms with E-state index in [1.807, 2.05) is 11.0 Å². The maximum atomic E-state index is 12.7. The first-order valence-electron chi connectivity index (χ1n) is 8.25. The molecule has 0 spiro atoms. The quantitative estimate of drug-likeness (QED) is 0.762. The van der Waals surface area contributed by atoms with Crippen LogP contribution >= 0.6 is 34.5 Å². The number of benzene rings is 1. The fourth-order valence-corrected chi connectivity index (χ4v) is 4.06. The van der Waals surface area contributed by atoms with Crippen molar-refractivity contribution in [3.63, 3.8) is 0 Å². The average Bonchev–Trinajstić information content (AvgIpc) is 3.27. The van der Waals surface area contributed by atoms with Crippen molar-refractivity contribution in [2.24, 2.45) is 0 Å². The van der Waals surface area contributed by atoms with Gasteiger partial charge < -0.3 is 10.6 Å². The van der Waals surface area contributed by atoms with Gasteiger partial charge in [-0.1, -0.05) is 23.2 Å². The van der Waals surface area contributed by atoms with Crippen molar-refractivity contribution >= 4 is 57.0 Å². The molecule has 1 aromatic carbocycles. The number of anilines is 2. The van der Waals surface area contributed by atoms with Gasteiger partial charge in [0.25, 0.3) is 0 Å². The summed E-state index contributed by atoms with van der Waals surface area (Å²) >= 11 is 13.3. The second-order valence-corrected chi connectivity index (χ2v) is 7.83. The first kappa shape index (κ1) is 19.6. The van der Waals surface area contributed by atoms with Crippen LogP contribution in [0.4, 0.5) is 10.7 Å². The molecule has 3 rings (SSSR count). The number of thiophene rings is 1. The van der Waals surface area contributed by atoms with Crippen LogP contribution in [-0.4, -0.2) is 35.8 Å². The van der Waals surface area contributed by atoms with E-state index >= 15 is 0 Å². The van der Waals surface area contributed by atoms with Crippen LogP contribution in [0.5, 0.6) is 0 Å². The van der Waals surface area contributed by atoms with Crippen LogP contribution in [0.25, 0.3) is 0 Å². The molecule has 2 N–H and O–H groups in total. The Balaban J connectivity index is 1.62. The van der Waals surface area contributed by atoms with Gasteiger partial charge in [0.1, 0.15) is 11.1 Å². The predicted octanol–water partition coefficient (Wildman–Crippen LogP) is 3.97. The summed E-state index contributed by atoms with van der Waals surface area (Å²) in [7, 11) is 0. The van der Waals surface area contributed by atoms with Crippen LogP contribution in [0.15, 0.2) is 29.6 Å². The van der Waals surface area contributed by atoms with E-state index in [0.717, 1.165) is 6.42 Å². The molecule has 0 saturated carbocycles. The van der Waals surface area contributed by atoms with E-state index in [0.29, 0.717) is 39.3 Å². The number of carbonyl (C=O) groups excluding carboxylic acids is 2. The van der Waals surface area contributed by atoms with Gasteiger partial charge in [-0.05, 0) is 49.0 Å². The van der Waals surface area contributed by atoms with Gasteiger partial charge in [0, 0.05) is 5.02 Å². The molecule has 0 radical (unpaired) electrons. The third kappa shape index (κ3) is 4.79. The lowest BCUT2D eigenvalue weighted by Gasteiger charge is -2.23. The molecule has 9 heteroatoms. The lowest BCUT2D eigenvalue weighted by molar-refractivity contribution is -0.122. The Morgan fingerprint density at radius 2 is 2.11 bits per heavy atom. The maximum absolute atomic E-state index is 12.7. The SMILES string of the molecule is N#Cc1ccsc1NC(=O)CN1CCCC1C(=O)Nc1cc(Cl)ccc1Cl. The van der Waals surface area contributed by atoms with E-state index < -0.39 is 6.04 Å². The molecule has 27 heavy (non-hydrogen) atoms. The van der Waals surface area contributed by atoms with Crippen molar-refractivity contribution < 1.29 is 9.59 Å². The van der Waals surface area contributed by atoms with Crippen molar-refractivity contribution in [1.29, 1.82) is 5.26 Å². The van der Waals surface area contributed by atoms with Crippen molar-refractivity contribution in [1.82, 2.24) is 4.90 Å². The molecule has 0 bridgehead atoms. The van der Waals surface area contributed by atoms with Crippen LogP contribution in [-0.2, 0) is 9.59 Å². The summed E-state index contributed by atoms with van der Waals surface area (Å²) in [5.74, 6) is -0.479. The van der Waals surface area contributed by atoms with Crippen molar-refractivity contribution in [2.75, 3.05) is 23.7 Å². The highest BCUT2D eigenvalue weighted by Gasteiger charge is 2.32. The van der Waals surface area contributed by atoms with Crippen LogP contribution in [0.1, 0.15) is 18.4 Å². The third-order valence-electron chi connectivity index (χ3n) is 4.24. The normalized spacial score (nSPS) is 16.7. The van der Waals surface area contributed by atoms with Gasteiger partial charge in [-0.25, -0.2) is 0 Å². The first-order valence-corrected chi connectivity index (χ1v) is 9.89. The fraction of sp³-hybridized carbons (Fsp3) is 0.278. The second-order valence-electron chi connectivity index (χ2n) is 6.07. The standard InChI is InChI=1S/C18H16Cl2N4O2S/c19-12-3-4-13(20)14(8-12)22-17(26)15-2-1-6-24(15)10-16(25)23-18-11(9-21)5-7-27-18/h3-5,7-8,15H,1-2,6,10H2,(H,22,26)(H,23,25). The van der Waals surface area contributed by atoms with Crippen molar-refractivity contribution in [3.8, 4) is 6.07 Å². The Hall–Kier alpha value is -2.11. The first-order chi connectivity index (χ1) is 13.0. The molecule has 0 aliphatic carbocycles. The van der Waals surface area contributed by atoms with Crippen LogP contribution in [0, 0.1) is 11.3 Å². The van der Waals surface area contributed by atoms with E-state index in [-0.39, 0.29) is 18.4 Å². The number of rotatable bonds is 5. The zero-order valence-electron chi connectivity index (χ0n) is 14.2. The van der Waals surface area contributed by atoms with E-state index in [9.17, 15) is 9.59 Å². The molecule has 140 valence electrons. The van der Waals surface area contributed by atoms with Crippen molar-refractivity contribution in [2.45, 2.75) is 18.9 Å². The number of nitriles is 1. The molecule has 2 aromatic rings. The largest absolute Gasteiger partial charge is 0.323 e. The summed E-state index contributed by atoms with van der Waals surface area (Å²) in [6.45, 7) is 0.717. The number of hydrogen-bond donors (Lipinski definition) is 2. The van der Waals surface area contributed by atoms with Crippen LogP contribution < -0.4 is 10.6 Å². The minimum Gasteiger partial charge on any atom is -0.323 e. The number of carbonyl (C=O) groups is 2. The minimum absolute atomic E-state index is 0.0735. The zero-order chi connectivity index (χ0) is 19.4.